The van der Waals surface area contributed by atoms with Gasteiger partial charge in [-0.15, -0.1) is 0 Å². The van der Waals surface area contributed by atoms with E-state index in [1.165, 1.54) is 0 Å². The zero-order valence-corrected chi connectivity index (χ0v) is 15.0. The van der Waals surface area contributed by atoms with E-state index >= 15 is 0 Å². The molecule has 0 radical (unpaired) electrons. The van der Waals surface area contributed by atoms with E-state index < -0.39 is 11.8 Å². The highest BCUT2D eigenvalue weighted by Crippen LogP contribution is 2.28. The van der Waals surface area contributed by atoms with E-state index in [0.29, 0.717) is 52.4 Å². The van der Waals surface area contributed by atoms with Crippen LogP contribution < -0.4 is 15.0 Å². The van der Waals surface area contributed by atoms with Gasteiger partial charge in [0.05, 0.1) is 12.8 Å². The number of ether oxygens (including phenoxy) is 2. The fraction of sp³-hybridized carbons (Fsp3) is 0.556. The molecule has 1 fully saturated rings. The van der Waals surface area contributed by atoms with Crippen LogP contribution in [-0.2, 0) is 14.3 Å². The fourth-order valence-electron chi connectivity index (χ4n) is 2.78. The van der Waals surface area contributed by atoms with Crippen molar-refractivity contribution >= 4 is 17.5 Å². The normalized spacial score (nSPS) is 14.3. The molecule has 25 heavy (non-hydrogen) atoms. The Morgan fingerprint density at radius 1 is 1.16 bits per heavy atom. The maximum atomic E-state index is 12.2. The number of methoxy groups -OCH3 is 1. The molecule has 2 amide bonds. The average Bonchev–Trinajstić information content (AvgIpc) is 2.67. The Morgan fingerprint density at radius 2 is 1.88 bits per heavy atom. The topological polar surface area (TPSA) is 71.1 Å². The molecule has 0 spiro atoms. The first kappa shape index (κ1) is 19.1. The maximum Gasteiger partial charge on any atom is 0.312 e. The van der Waals surface area contributed by atoms with Crippen LogP contribution in [0.3, 0.4) is 0 Å². The number of para-hydroxylation sites is 2. The molecular formula is C18H27N3O4. The number of amides is 2. The SMILES string of the molecule is CCOCCCNC(=O)C(=O)N1CCN(c2ccccc2OC)CC1. The van der Waals surface area contributed by atoms with Crippen molar-refractivity contribution in [3.05, 3.63) is 24.3 Å². The van der Waals surface area contributed by atoms with E-state index in [4.69, 9.17) is 9.47 Å². The van der Waals surface area contributed by atoms with Crippen molar-refractivity contribution in [2.75, 3.05) is 57.9 Å². The van der Waals surface area contributed by atoms with Crippen LogP contribution in [0.5, 0.6) is 5.75 Å². The van der Waals surface area contributed by atoms with Gasteiger partial charge in [0.15, 0.2) is 0 Å². The molecule has 1 aromatic rings. The van der Waals surface area contributed by atoms with Gasteiger partial charge >= 0.3 is 11.8 Å². The molecule has 0 aliphatic carbocycles. The highest BCUT2D eigenvalue weighted by Gasteiger charge is 2.26. The van der Waals surface area contributed by atoms with Gasteiger partial charge < -0.3 is 24.6 Å². The van der Waals surface area contributed by atoms with Crippen LogP contribution in [0.15, 0.2) is 24.3 Å². The van der Waals surface area contributed by atoms with Gasteiger partial charge in [-0.1, -0.05) is 12.1 Å². The van der Waals surface area contributed by atoms with Crippen LogP contribution in [0, 0.1) is 0 Å². The molecule has 1 N–H and O–H groups in total. The van der Waals surface area contributed by atoms with Gasteiger partial charge in [0, 0.05) is 45.9 Å². The van der Waals surface area contributed by atoms with Crippen molar-refractivity contribution in [3.8, 4) is 5.75 Å². The minimum absolute atomic E-state index is 0.450. The number of carbonyl (C=O) groups excluding carboxylic acids is 2. The molecule has 1 heterocycles. The van der Waals surface area contributed by atoms with Gasteiger partial charge in [0.25, 0.3) is 0 Å². The first-order valence-corrected chi connectivity index (χ1v) is 8.70. The largest absolute Gasteiger partial charge is 0.495 e. The minimum Gasteiger partial charge on any atom is -0.495 e. The Bertz CT molecular complexity index is 571. The second-order valence-electron chi connectivity index (χ2n) is 5.76. The molecule has 0 aromatic heterocycles. The lowest BCUT2D eigenvalue weighted by molar-refractivity contribution is -0.146. The monoisotopic (exact) mass is 349 g/mol. The number of anilines is 1. The lowest BCUT2D eigenvalue weighted by Gasteiger charge is -2.36. The fourth-order valence-corrected chi connectivity index (χ4v) is 2.78. The summed E-state index contributed by atoms with van der Waals surface area (Å²) in [5, 5.41) is 2.66. The quantitative estimate of drug-likeness (QED) is 0.585. The minimum atomic E-state index is -0.540. The smallest absolute Gasteiger partial charge is 0.312 e. The zero-order valence-electron chi connectivity index (χ0n) is 15.0. The molecular weight excluding hydrogens is 322 g/mol. The molecule has 1 aliphatic rings. The molecule has 0 atom stereocenters. The molecule has 0 unspecified atom stereocenters. The lowest BCUT2D eigenvalue weighted by Crippen LogP contribution is -2.52. The zero-order chi connectivity index (χ0) is 18.1. The van der Waals surface area contributed by atoms with Crippen molar-refractivity contribution in [1.82, 2.24) is 10.2 Å². The van der Waals surface area contributed by atoms with E-state index in [9.17, 15) is 9.59 Å². The highest BCUT2D eigenvalue weighted by molar-refractivity contribution is 6.35. The van der Waals surface area contributed by atoms with Crippen molar-refractivity contribution in [3.63, 3.8) is 0 Å². The predicted molar refractivity (Wildman–Crippen MR) is 95.9 cm³/mol. The molecule has 138 valence electrons. The summed E-state index contributed by atoms with van der Waals surface area (Å²) in [5.74, 6) is -0.187. The van der Waals surface area contributed by atoms with Crippen molar-refractivity contribution < 1.29 is 19.1 Å². The summed E-state index contributed by atoms with van der Waals surface area (Å²) in [6.45, 7) is 5.99. The number of hydrogen-bond donors (Lipinski definition) is 1. The summed E-state index contributed by atoms with van der Waals surface area (Å²) in [5.41, 5.74) is 1.01. The van der Waals surface area contributed by atoms with Gasteiger partial charge in [0.2, 0.25) is 0 Å². The summed E-state index contributed by atoms with van der Waals surface area (Å²) in [7, 11) is 1.65. The first-order valence-electron chi connectivity index (χ1n) is 8.70. The molecule has 0 bridgehead atoms. The third-order valence-electron chi connectivity index (χ3n) is 4.14. The van der Waals surface area contributed by atoms with E-state index in [-0.39, 0.29) is 0 Å². The number of piperazine rings is 1. The Hall–Kier alpha value is -2.28. The van der Waals surface area contributed by atoms with Crippen molar-refractivity contribution in [1.29, 1.82) is 0 Å². The predicted octanol–water partition coefficient (Wildman–Crippen LogP) is 0.887. The van der Waals surface area contributed by atoms with Crippen molar-refractivity contribution in [2.24, 2.45) is 0 Å². The molecule has 7 nitrogen and oxygen atoms in total. The summed E-state index contributed by atoms with van der Waals surface area (Å²) < 4.78 is 10.6. The van der Waals surface area contributed by atoms with Gasteiger partial charge in [-0.05, 0) is 25.5 Å². The number of hydrogen-bond acceptors (Lipinski definition) is 5. The Labute approximate surface area is 148 Å². The highest BCUT2D eigenvalue weighted by atomic mass is 16.5. The Kier molecular flexibility index (Phi) is 7.53. The number of carbonyl (C=O) groups is 2. The molecule has 1 aromatic carbocycles. The van der Waals surface area contributed by atoms with Crippen LogP contribution in [0.1, 0.15) is 13.3 Å². The number of nitrogens with zero attached hydrogens (tertiary/aromatic N) is 2. The van der Waals surface area contributed by atoms with Gasteiger partial charge in [-0.3, -0.25) is 9.59 Å². The third-order valence-corrected chi connectivity index (χ3v) is 4.14. The molecule has 7 heteroatoms. The first-order chi connectivity index (χ1) is 12.2. The van der Waals surface area contributed by atoms with E-state index in [0.717, 1.165) is 11.4 Å². The molecule has 1 aliphatic heterocycles. The van der Waals surface area contributed by atoms with Crippen LogP contribution in [0.25, 0.3) is 0 Å². The second-order valence-corrected chi connectivity index (χ2v) is 5.76. The Balaban J connectivity index is 1.79. The van der Waals surface area contributed by atoms with E-state index in [1.54, 1.807) is 12.0 Å². The van der Waals surface area contributed by atoms with Gasteiger partial charge in [0.1, 0.15) is 5.75 Å². The van der Waals surface area contributed by atoms with Crippen LogP contribution >= 0.6 is 0 Å². The molecule has 2 rings (SSSR count). The number of benzene rings is 1. The Morgan fingerprint density at radius 3 is 2.56 bits per heavy atom. The average molecular weight is 349 g/mol. The van der Waals surface area contributed by atoms with E-state index in [2.05, 4.69) is 10.2 Å². The van der Waals surface area contributed by atoms with Crippen LogP contribution in [0.2, 0.25) is 0 Å². The van der Waals surface area contributed by atoms with Crippen molar-refractivity contribution in [2.45, 2.75) is 13.3 Å². The summed E-state index contributed by atoms with van der Waals surface area (Å²) in [6.07, 6.45) is 0.703. The molecule has 0 saturated carbocycles. The van der Waals surface area contributed by atoms with Crippen LogP contribution in [0.4, 0.5) is 5.69 Å². The van der Waals surface area contributed by atoms with Gasteiger partial charge in [-0.2, -0.15) is 0 Å². The summed E-state index contributed by atoms with van der Waals surface area (Å²) >= 11 is 0. The van der Waals surface area contributed by atoms with Gasteiger partial charge in [-0.25, -0.2) is 0 Å². The summed E-state index contributed by atoms with van der Waals surface area (Å²) in [4.78, 5) is 27.9. The molecule has 1 saturated heterocycles. The number of rotatable bonds is 7. The van der Waals surface area contributed by atoms with E-state index in [1.807, 2.05) is 31.2 Å². The standard InChI is InChI=1S/C18H27N3O4/c1-3-25-14-6-9-19-17(22)18(23)21-12-10-20(11-13-21)15-7-4-5-8-16(15)24-2/h4-5,7-8H,3,6,9-14H2,1-2H3,(H,19,22). The second kappa shape index (κ2) is 9.88. The van der Waals surface area contributed by atoms with Crippen LogP contribution in [-0.4, -0.2) is 69.8 Å². The third kappa shape index (κ3) is 5.35. The summed E-state index contributed by atoms with van der Waals surface area (Å²) in [6, 6.07) is 7.81. The maximum absolute atomic E-state index is 12.2. The lowest BCUT2D eigenvalue weighted by atomic mass is 10.2. The number of nitrogens with one attached hydrogen (secondary N) is 1.